The van der Waals surface area contributed by atoms with E-state index in [-0.39, 0.29) is 17.5 Å². The molecule has 0 saturated heterocycles. The zero-order valence-electron chi connectivity index (χ0n) is 14.1. The Balaban J connectivity index is 1.74. The van der Waals surface area contributed by atoms with Crippen LogP contribution in [0, 0.1) is 5.41 Å². The Hall–Kier alpha value is -1.36. The lowest BCUT2D eigenvalue weighted by atomic mass is 9.76. The number of nitrogens with zero attached hydrogens (tertiary/aromatic N) is 3. The number of hydrogen-bond donors (Lipinski definition) is 0. The summed E-state index contributed by atoms with van der Waals surface area (Å²) in [6.45, 7) is 4.44. The summed E-state index contributed by atoms with van der Waals surface area (Å²) < 4.78 is 5.37. The van der Waals surface area contributed by atoms with E-state index in [1.54, 1.807) is 11.9 Å². The number of aryl methyl sites for hydroxylation is 1. The van der Waals surface area contributed by atoms with Gasteiger partial charge in [-0.25, -0.2) is 4.79 Å². The Labute approximate surface area is 142 Å². The summed E-state index contributed by atoms with van der Waals surface area (Å²) in [5.41, 5.74) is 2.11. The van der Waals surface area contributed by atoms with Crippen LogP contribution in [0.3, 0.4) is 0 Å². The van der Waals surface area contributed by atoms with Crippen LogP contribution in [-0.4, -0.2) is 34.1 Å². The first-order chi connectivity index (χ1) is 10.9. The second-order valence-electron chi connectivity index (χ2n) is 7.48. The molecule has 2 aliphatic rings. The van der Waals surface area contributed by atoms with E-state index in [4.69, 9.17) is 16.3 Å². The average Bonchev–Trinajstić information content (AvgIpc) is 3.01. The summed E-state index contributed by atoms with van der Waals surface area (Å²) in [5, 5.41) is 0.411. The Morgan fingerprint density at radius 1 is 1.30 bits per heavy atom. The van der Waals surface area contributed by atoms with Gasteiger partial charge >= 0.3 is 12.1 Å². The Bertz CT molecular complexity index is 612. The minimum atomic E-state index is -0.399. The Morgan fingerprint density at radius 3 is 2.70 bits per heavy atom. The van der Waals surface area contributed by atoms with Crippen molar-refractivity contribution in [1.29, 1.82) is 0 Å². The molecule has 1 aromatic heterocycles. The van der Waals surface area contributed by atoms with E-state index < -0.39 is 6.09 Å². The van der Waals surface area contributed by atoms with Gasteiger partial charge < -0.3 is 9.64 Å². The number of hydrogen-bond acceptors (Lipinski definition) is 4. The van der Waals surface area contributed by atoms with Gasteiger partial charge in [0.05, 0.1) is 5.69 Å². The molecule has 0 N–H and O–H groups in total. The van der Waals surface area contributed by atoms with E-state index >= 15 is 0 Å². The quantitative estimate of drug-likeness (QED) is 0.765. The lowest BCUT2D eigenvalue weighted by Crippen LogP contribution is -2.37. The van der Waals surface area contributed by atoms with Crippen molar-refractivity contribution in [2.45, 2.75) is 64.8 Å². The number of aromatic nitrogens is 2. The summed E-state index contributed by atoms with van der Waals surface area (Å²) in [5.74, 6) is 0. The fourth-order valence-corrected chi connectivity index (χ4v) is 3.77. The van der Waals surface area contributed by atoms with Crippen LogP contribution in [0.25, 0.3) is 0 Å². The topological polar surface area (TPSA) is 55.3 Å². The number of amides is 1. The molecule has 1 heterocycles. The van der Waals surface area contributed by atoms with E-state index in [0.717, 1.165) is 43.4 Å². The van der Waals surface area contributed by atoms with Crippen molar-refractivity contribution in [2.75, 3.05) is 7.05 Å². The minimum Gasteiger partial charge on any atom is -0.374 e. The van der Waals surface area contributed by atoms with Gasteiger partial charge in [-0.2, -0.15) is 9.97 Å². The molecule has 5 nitrogen and oxygen atoms in total. The van der Waals surface area contributed by atoms with Gasteiger partial charge in [-0.05, 0) is 37.5 Å². The Kier molecular flexibility index (Phi) is 4.50. The van der Waals surface area contributed by atoms with Crippen LogP contribution in [0.4, 0.5) is 4.79 Å². The lowest BCUT2D eigenvalue weighted by molar-refractivity contribution is 0.142. The van der Waals surface area contributed by atoms with E-state index in [0.29, 0.717) is 5.15 Å². The molecule has 1 saturated carbocycles. The molecule has 126 valence electrons. The van der Waals surface area contributed by atoms with E-state index in [1.165, 1.54) is 12.8 Å². The largest absolute Gasteiger partial charge is 0.417 e. The number of ether oxygens (including phenoxy) is 1. The zero-order chi connectivity index (χ0) is 16.6. The van der Waals surface area contributed by atoms with Gasteiger partial charge in [-0.15, -0.1) is 0 Å². The van der Waals surface area contributed by atoms with Crippen molar-refractivity contribution in [1.82, 2.24) is 14.9 Å². The molecule has 1 amide bonds. The maximum Gasteiger partial charge on any atom is 0.417 e. The molecule has 1 aromatic rings. The second kappa shape index (κ2) is 6.27. The molecule has 6 heteroatoms. The first-order valence-electron chi connectivity index (χ1n) is 8.36. The number of fused-ring (bicyclic) bond motifs is 1. The number of carbonyl (C=O) groups is 1. The number of rotatable bonds is 2. The summed E-state index contributed by atoms with van der Waals surface area (Å²) in [4.78, 5) is 22.5. The maximum absolute atomic E-state index is 12.3. The van der Waals surface area contributed by atoms with Crippen molar-refractivity contribution in [3.63, 3.8) is 0 Å². The molecule has 0 aliphatic heterocycles. The molecule has 0 bridgehead atoms. The third-order valence-corrected chi connectivity index (χ3v) is 5.37. The van der Waals surface area contributed by atoms with Gasteiger partial charge in [-0.1, -0.05) is 38.3 Å². The van der Waals surface area contributed by atoms with E-state index in [1.807, 2.05) is 0 Å². The third-order valence-electron chi connectivity index (χ3n) is 5.05. The Morgan fingerprint density at radius 2 is 2.00 bits per heavy atom. The zero-order valence-corrected chi connectivity index (χ0v) is 14.8. The standard InChI is InChI=1S/C17H24ClN3O2/c1-17(2)9-8-13-12(10-17)14(18)20-15(19-13)23-16(22)21(3)11-6-4-5-7-11/h11H,4-10H2,1-3H3. The van der Waals surface area contributed by atoms with Crippen molar-refractivity contribution >= 4 is 17.7 Å². The average molecular weight is 338 g/mol. The second-order valence-corrected chi connectivity index (χ2v) is 7.84. The van der Waals surface area contributed by atoms with E-state index in [2.05, 4.69) is 23.8 Å². The van der Waals surface area contributed by atoms with Gasteiger partial charge in [0.2, 0.25) is 0 Å². The summed E-state index contributed by atoms with van der Waals surface area (Å²) in [7, 11) is 1.78. The van der Waals surface area contributed by atoms with Gasteiger partial charge in [-0.3, -0.25) is 0 Å². The van der Waals surface area contributed by atoms with Gasteiger partial charge in [0, 0.05) is 18.7 Å². The van der Waals surface area contributed by atoms with Crippen LogP contribution in [0.5, 0.6) is 6.01 Å². The fourth-order valence-electron chi connectivity index (χ4n) is 3.52. The predicted octanol–water partition coefficient (Wildman–Crippen LogP) is 4.02. The summed E-state index contributed by atoms with van der Waals surface area (Å²) in [6.07, 6.45) is 6.74. The van der Waals surface area contributed by atoms with Gasteiger partial charge in [0.15, 0.2) is 0 Å². The molecule has 0 radical (unpaired) electrons. The van der Waals surface area contributed by atoms with Crippen molar-refractivity contribution in [2.24, 2.45) is 5.41 Å². The van der Waals surface area contributed by atoms with Crippen LogP contribution < -0.4 is 4.74 Å². The van der Waals surface area contributed by atoms with E-state index in [9.17, 15) is 4.79 Å². The van der Waals surface area contributed by atoms with Crippen LogP contribution >= 0.6 is 11.6 Å². The third kappa shape index (κ3) is 3.60. The van der Waals surface area contributed by atoms with Crippen molar-refractivity contribution in [3.05, 3.63) is 16.4 Å². The SMILES string of the molecule is CN(C(=O)Oc1nc(Cl)c2c(n1)CCC(C)(C)C2)C1CCCC1. The molecule has 1 fully saturated rings. The fraction of sp³-hybridized carbons (Fsp3) is 0.706. The van der Waals surface area contributed by atoms with Gasteiger partial charge in [0.25, 0.3) is 0 Å². The normalized spacial score (nSPS) is 20.2. The molecule has 2 aliphatic carbocycles. The molecule has 23 heavy (non-hydrogen) atoms. The monoisotopic (exact) mass is 337 g/mol. The van der Waals surface area contributed by atoms with Gasteiger partial charge in [0.1, 0.15) is 5.15 Å². The van der Waals surface area contributed by atoms with Crippen LogP contribution in [-0.2, 0) is 12.8 Å². The minimum absolute atomic E-state index is 0.0725. The molecule has 0 spiro atoms. The maximum atomic E-state index is 12.3. The van der Waals surface area contributed by atoms with Crippen LogP contribution in [0.2, 0.25) is 5.15 Å². The molecule has 0 unspecified atom stereocenters. The first kappa shape index (κ1) is 16.5. The molecule has 3 rings (SSSR count). The smallest absolute Gasteiger partial charge is 0.374 e. The van der Waals surface area contributed by atoms with Crippen LogP contribution in [0.1, 0.15) is 57.2 Å². The first-order valence-corrected chi connectivity index (χ1v) is 8.73. The highest BCUT2D eigenvalue weighted by Crippen LogP contribution is 2.37. The predicted molar refractivity (Wildman–Crippen MR) is 88.9 cm³/mol. The summed E-state index contributed by atoms with van der Waals surface area (Å²) >= 11 is 6.31. The molecular weight excluding hydrogens is 314 g/mol. The molecular formula is C17H24ClN3O2. The summed E-state index contributed by atoms with van der Waals surface area (Å²) in [6, 6.07) is 0.333. The highest BCUT2D eigenvalue weighted by Gasteiger charge is 2.30. The number of carbonyl (C=O) groups excluding carboxylic acids is 1. The highest BCUT2D eigenvalue weighted by atomic mass is 35.5. The van der Waals surface area contributed by atoms with Crippen molar-refractivity contribution < 1.29 is 9.53 Å². The lowest BCUT2D eigenvalue weighted by Gasteiger charge is -2.31. The number of halogens is 1. The molecule has 0 atom stereocenters. The van der Waals surface area contributed by atoms with Crippen molar-refractivity contribution in [3.8, 4) is 6.01 Å². The highest BCUT2D eigenvalue weighted by molar-refractivity contribution is 6.30. The molecule has 0 aromatic carbocycles. The van der Waals surface area contributed by atoms with Crippen LogP contribution in [0.15, 0.2) is 0 Å².